The molecule has 0 aliphatic carbocycles. The van der Waals surface area contributed by atoms with E-state index in [-0.39, 0.29) is 25.0 Å². The molecule has 1 rings (SSSR count). The Hall–Kier alpha value is -1.88. The highest BCUT2D eigenvalue weighted by Crippen LogP contribution is 2.19. The minimum Gasteiger partial charge on any atom is -0.465 e. The Morgan fingerprint density at radius 3 is 2.32 bits per heavy atom. The molecule has 0 aliphatic rings. The van der Waals surface area contributed by atoms with Crippen LogP contribution in [0.25, 0.3) is 0 Å². The van der Waals surface area contributed by atoms with Crippen LogP contribution in [0.15, 0.2) is 18.2 Å². The molecule has 0 saturated heterocycles. The summed E-state index contributed by atoms with van der Waals surface area (Å²) in [5, 5.41) is 2.94. The fraction of sp³-hybridized carbons (Fsp3) is 0.529. The van der Waals surface area contributed by atoms with E-state index < -0.39 is 0 Å². The lowest BCUT2D eigenvalue weighted by molar-refractivity contribution is -0.144. The van der Waals surface area contributed by atoms with Gasteiger partial charge in [0.25, 0.3) is 0 Å². The number of nitrogens with one attached hydrogen (secondary N) is 1. The fourth-order valence-corrected chi connectivity index (χ4v) is 2.31. The zero-order chi connectivity index (χ0) is 16.5. The zero-order valence-corrected chi connectivity index (χ0v) is 13.9. The first-order chi connectivity index (χ1) is 10.5. The molecule has 1 aromatic rings. The number of aryl methyl sites for hydroxylation is 2. The monoisotopic (exact) mass is 306 g/mol. The number of hydrogen-bond acceptors (Lipinski definition) is 4. The van der Waals surface area contributed by atoms with E-state index >= 15 is 0 Å². The molecule has 1 N–H and O–H groups in total. The maximum Gasteiger partial charge on any atom is 0.320 e. The third kappa shape index (κ3) is 5.85. The van der Waals surface area contributed by atoms with Gasteiger partial charge < -0.3 is 10.1 Å². The zero-order valence-electron chi connectivity index (χ0n) is 13.9. The fourth-order valence-electron chi connectivity index (χ4n) is 2.31. The normalized spacial score (nSPS) is 10.6. The maximum atomic E-state index is 12.2. The van der Waals surface area contributed by atoms with Crippen molar-refractivity contribution in [1.82, 2.24) is 4.90 Å². The number of carbonyl (C=O) groups is 2. The van der Waals surface area contributed by atoms with Gasteiger partial charge in [-0.05, 0) is 44.9 Å². The molecule has 0 atom stereocenters. The SMILES string of the molecule is CCCN(CC(=O)Nc1c(C)cccc1C)CC(=O)OCC. The molecule has 0 radical (unpaired) electrons. The number of carbonyl (C=O) groups excluding carboxylic acids is 2. The van der Waals surface area contributed by atoms with Gasteiger partial charge >= 0.3 is 5.97 Å². The first-order valence-electron chi connectivity index (χ1n) is 7.72. The minimum absolute atomic E-state index is 0.116. The van der Waals surface area contributed by atoms with Crippen LogP contribution in [-0.2, 0) is 14.3 Å². The van der Waals surface area contributed by atoms with E-state index in [1.807, 2.05) is 39.0 Å². The van der Waals surface area contributed by atoms with Gasteiger partial charge in [-0.3, -0.25) is 14.5 Å². The van der Waals surface area contributed by atoms with Crippen molar-refractivity contribution in [3.8, 4) is 0 Å². The van der Waals surface area contributed by atoms with Crippen LogP contribution < -0.4 is 5.32 Å². The quantitative estimate of drug-likeness (QED) is 0.750. The summed E-state index contributed by atoms with van der Waals surface area (Å²) in [6.45, 7) is 9.07. The number of ether oxygens (including phenoxy) is 1. The summed E-state index contributed by atoms with van der Waals surface area (Å²) in [5.74, 6) is -0.411. The van der Waals surface area contributed by atoms with E-state index in [2.05, 4.69) is 5.32 Å². The number of para-hydroxylation sites is 1. The van der Waals surface area contributed by atoms with Crippen molar-refractivity contribution in [2.24, 2.45) is 0 Å². The van der Waals surface area contributed by atoms with Gasteiger partial charge in [-0.1, -0.05) is 25.1 Å². The van der Waals surface area contributed by atoms with Gasteiger partial charge in [0, 0.05) is 5.69 Å². The topological polar surface area (TPSA) is 58.6 Å². The summed E-state index contributed by atoms with van der Waals surface area (Å²) in [5.41, 5.74) is 2.90. The van der Waals surface area contributed by atoms with Crippen LogP contribution in [0.5, 0.6) is 0 Å². The van der Waals surface area contributed by atoms with Gasteiger partial charge in [0.2, 0.25) is 5.91 Å². The van der Waals surface area contributed by atoms with Crippen molar-refractivity contribution in [2.75, 3.05) is 31.6 Å². The number of anilines is 1. The number of esters is 1. The van der Waals surface area contributed by atoms with Crippen LogP contribution in [0, 0.1) is 13.8 Å². The summed E-state index contributed by atoms with van der Waals surface area (Å²) in [6, 6.07) is 5.89. The lowest BCUT2D eigenvalue weighted by Gasteiger charge is -2.20. The summed E-state index contributed by atoms with van der Waals surface area (Å²) >= 11 is 0. The van der Waals surface area contributed by atoms with E-state index in [0.717, 1.165) is 23.2 Å². The van der Waals surface area contributed by atoms with E-state index in [1.54, 1.807) is 11.8 Å². The number of hydrogen-bond donors (Lipinski definition) is 1. The second-order valence-corrected chi connectivity index (χ2v) is 5.33. The first kappa shape index (κ1) is 18.2. The van der Waals surface area contributed by atoms with Crippen molar-refractivity contribution >= 4 is 17.6 Å². The molecule has 1 amide bonds. The molecular formula is C17H26N2O3. The van der Waals surface area contributed by atoms with E-state index in [4.69, 9.17) is 4.74 Å². The summed E-state index contributed by atoms with van der Waals surface area (Å²) in [6.07, 6.45) is 0.871. The van der Waals surface area contributed by atoms with Crippen molar-refractivity contribution in [2.45, 2.75) is 34.1 Å². The number of nitrogens with zero attached hydrogens (tertiary/aromatic N) is 1. The van der Waals surface area contributed by atoms with Gasteiger partial charge in [0.15, 0.2) is 0 Å². The second kappa shape index (κ2) is 9.20. The molecular weight excluding hydrogens is 280 g/mol. The largest absolute Gasteiger partial charge is 0.465 e. The van der Waals surface area contributed by atoms with Gasteiger partial charge in [0.1, 0.15) is 0 Å². The Morgan fingerprint density at radius 2 is 1.77 bits per heavy atom. The molecule has 5 heteroatoms. The molecule has 0 saturated carbocycles. The Labute approximate surface area is 132 Å². The van der Waals surface area contributed by atoms with Crippen LogP contribution in [0.4, 0.5) is 5.69 Å². The number of benzene rings is 1. The van der Waals surface area contributed by atoms with Gasteiger partial charge in [-0.2, -0.15) is 0 Å². The van der Waals surface area contributed by atoms with E-state index in [9.17, 15) is 9.59 Å². The van der Waals surface area contributed by atoms with Crippen molar-refractivity contribution in [3.63, 3.8) is 0 Å². The Morgan fingerprint density at radius 1 is 1.14 bits per heavy atom. The van der Waals surface area contributed by atoms with E-state index in [1.165, 1.54) is 0 Å². The maximum absolute atomic E-state index is 12.2. The standard InChI is InChI=1S/C17H26N2O3/c1-5-10-19(12-16(21)22-6-2)11-15(20)18-17-13(3)8-7-9-14(17)4/h7-9H,5-6,10-12H2,1-4H3,(H,18,20). The van der Waals surface area contributed by atoms with Crippen molar-refractivity contribution in [1.29, 1.82) is 0 Å². The van der Waals surface area contributed by atoms with Crippen LogP contribution in [-0.4, -0.2) is 43.0 Å². The van der Waals surface area contributed by atoms with Gasteiger partial charge in [0.05, 0.1) is 19.7 Å². The Bertz CT molecular complexity index is 494. The molecule has 1 aromatic carbocycles. The molecule has 0 heterocycles. The summed E-state index contributed by atoms with van der Waals surface area (Å²) < 4.78 is 4.94. The van der Waals surface area contributed by atoms with Crippen molar-refractivity contribution in [3.05, 3.63) is 29.3 Å². The smallest absolute Gasteiger partial charge is 0.320 e. The third-order valence-corrected chi connectivity index (χ3v) is 3.31. The van der Waals surface area contributed by atoms with Gasteiger partial charge in [-0.15, -0.1) is 0 Å². The molecule has 22 heavy (non-hydrogen) atoms. The average molecular weight is 306 g/mol. The number of rotatable bonds is 8. The lowest BCUT2D eigenvalue weighted by atomic mass is 10.1. The first-order valence-corrected chi connectivity index (χ1v) is 7.72. The Balaban J connectivity index is 2.65. The van der Waals surface area contributed by atoms with Crippen LogP contribution >= 0.6 is 0 Å². The predicted octanol–water partition coefficient (Wildman–Crippen LogP) is 2.52. The van der Waals surface area contributed by atoms with Gasteiger partial charge in [-0.25, -0.2) is 0 Å². The molecule has 5 nitrogen and oxygen atoms in total. The predicted molar refractivity (Wildman–Crippen MR) is 87.9 cm³/mol. The average Bonchev–Trinajstić information content (AvgIpc) is 2.43. The highest BCUT2D eigenvalue weighted by atomic mass is 16.5. The molecule has 0 fully saturated rings. The van der Waals surface area contributed by atoms with Crippen LogP contribution in [0.3, 0.4) is 0 Å². The Kier molecular flexibility index (Phi) is 7.60. The molecule has 0 unspecified atom stereocenters. The summed E-state index contributed by atoms with van der Waals surface area (Å²) in [7, 11) is 0. The minimum atomic E-state index is -0.296. The van der Waals surface area contributed by atoms with E-state index in [0.29, 0.717) is 13.2 Å². The number of amides is 1. The lowest BCUT2D eigenvalue weighted by Crippen LogP contribution is -2.38. The molecule has 0 spiro atoms. The molecule has 122 valence electrons. The highest BCUT2D eigenvalue weighted by molar-refractivity contribution is 5.94. The third-order valence-electron chi connectivity index (χ3n) is 3.31. The van der Waals surface area contributed by atoms with Crippen LogP contribution in [0.1, 0.15) is 31.4 Å². The molecule has 0 aromatic heterocycles. The molecule has 0 bridgehead atoms. The molecule has 0 aliphatic heterocycles. The summed E-state index contributed by atoms with van der Waals surface area (Å²) in [4.78, 5) is 25.6. The van der Waals surface area contributed by atoms with Crippen LogP contribution in [0.2, 0.25) is 0 Å². The second-order valence-electron chi connectivity index (χ2n) is 5.33. The van der Waals surface area contributed by atoms with Crippen molar-refractivity contribution < 1.29 is 14.3 Å². The highest BCUT2D eigenvalue weighted by Gasteiger charge is 2.15.